The van der Waals surface area contributed by atoms with Crippen molar-refractivity contribution in [2.24, 2.45) is 0 Å². The van der Waals surface area contributed by atoms with Crippen molar-refractivity contribution in [3.8, 4) is 0 Å². The first-order chi connectivity index (χ1) is 5.99. The van der Waals surface area contributed by atoms with Crippen LogP contribution in [0.2, 0.25) is 0 Å². The summed E-state index contributed by atoms with van der Waals surface area (Å²) >= 11 is 9.63. The predicted molar refractivity (Wildman–Crippen MR) is 41.6 cm³/mol. The SMILES string of the molecule is O=C(OCF)C(=CC(F)Cl)C(F)Cl. The van der Waals surface area contributed by atoms with E-state index in [2.05, 4.69) is 4.74 Å². The maximum absolute atomic E-state index is 12.3. The molecule has 13 heavy (non-hydrogen) atoms. The molecule has 0 heterocycles. The number of carbonyl (C=O) groups is 1. The van der Waals surface area contributed by atoms with E-state index < -0.39 is 29.7 Å². The first kappa shape index (κ1) is 12.6. The molecule has 0 aromatic carbocycles. The number of hydrogen-bond acceptors (Lipinski definition) is 2. The van der Waals surface area contributed by atoms with Gasteiger partial charge in [0, 0.05) is 0 Å². The summed E-state index contributed by atoms with van der Waals surface area (Å²) < 4.78 is 39.6. The highest BCUT2D eigenvalue weighted by molar-refractivity contribution is 6.25. The van der Waals surface area contributed by atoms with Crippen molar-refractivity contribution in [1.82, 2.24) is 0 Å². The number of ether oxygens (including phenoxy) is 1. The van der Waals surface area contributed by atoms with Gasteiger partial charge in [0.2, 0.25) is 12.5 Å². The standard InChI is InChI=1S/C6H5Cl2F3O2/c7-4(10)1-3(5(8)11)6(12)13-2-9/h1,4-5H,2H2. The van der Waals surface area contributed by atoms with Crippen LogP contribution in [0.3, 0.4) is 0 Å². The lowest BCUT2D eigenvalue weighted by molar-refractivity contribution is -0.143. The highest BCUT2D eigenvalue weighted by Crippen LogP contribution is 2.16. The lowest BCUT2D eigenvalue weighted by atomic mass is 10.3. The maximum atomic E-state index is 12.3. The summed E-state index contributed by atoms with van der Waals surface area (Å²) in [6.45, 7) is -1.45. The molecule has 0 fully saturated rings. The van der Waals surface area contributed by atoms with Crippen LogP contribution < -0.4 is 0 Å². The van der Waals surface area contributed by atoms with Gasteiger partial charge in [-0.2, -0.15) is 0 Å². The van der Waals surface area contributed by atoms with Crippen LogP contribution in [0.5, 0.6) is 0 Å². The van der Waals surface area contributed by atoms with Gasteiger partial charge in [0.1, 0.15) is 0 Å². The van der Waals surface area contributed by atoms with Gasteiger partial charge >= 0.3 is 5.97 Å². The highest BCUT2D eigenvalue weighted by atomic mass is 35.5. The van der Waals surface area contributed by atoms with E-state index >= 15 is 0 Å². The van der Waals surface area contributed by atoms with Crippen LogP contribution in [0.4, 0.5) is 13.2 Å². The third-order valence-electron chi connectivity index (χ3n) is 0.962. The van der Waals surface area contributed by atoms with Crippen LogP contribution in [0, 0.1) is 0 Å². The van der Waals surface area contributed by atoms with Crippen molar-refractivity contribution in [3.63, 3.8) is 0 Å². The number of hydrogen-bond donors (Lipinski definition) is 0. The van der Waals surface area contributed by atoms with Crippen molar-refractivity contribution in [2.75, 3.05) is 6.86 Å². The number of rotatable bonds is 4. The predicted octanol–water partition coefficient (Wildman–Crippen LogP) is 2.45. The molecule has 0 saturated heterocycles. The quantitative estimate of drug-likeness (QED) is 0.426. The zero-order valence-corrected chi connectivity index (χ0v) is 7.66. The third-order valence-corrected chi connectivity index (χ3v) is 1.32. The van der Waals surface area contributed by atoms with Crippen LogP contribution >= 0.6 is 23.2 Å². The number of carbonyl (C=O) groups excluding carboxylic acids is 1. The maximum Gasteiger partial charge on any atom is 0.340 e. The largest absolute Gasteiger partial charge is 0.430 e. The van der Waals surface area contributed by atoms with Gasteiger partial charge in [-0.25, -0.2) is 18.0 Å². The second kappa shape index (κ2) is 6.10. The van der Waals surface area contributed by atoms with E-state index in [0.717, 1.165) is 0 Å². The molecule has 7 heteroatoms. The summed E-state index contributed by atoms with van der Waals surface area (Å²) in [6, 6.07) is 0. The molecule has 0 saturated carbocycles. The Hall–Kier alpha value is -0.420. The first-order valence-corrected chi connectivity index (χ1v) is 3.87. The molecule has 2 atom stereocenters. The van der Waals surface area contributed by atoms with Crippen molar-refractivity contribution < 1.29 is 22.7 Å². The van der Waals surface area contributed by atoms with Crippen LogP contribution in [0.25, 0.3) is 0 Å². The molecule has 0 amide bonds. The van der Waals surface area contributed by atoms with E-state index in [1.54, 1.807) is 0 Å². The molecule has 0 radical (unpaired) electrons. The number of allylic oxidation sites excluding steroid dienone is 1. The van der Waals surface area contributed by atoms with Gasteiger partial charge < -0.3 is 4.74 Å². The molecule has 0 aliphatic carbocycles. The molecule has 0 aliphatic rings. The van der Waals surface area contributed by atoms with Crippen LogP contribution in [-0.4, -0.2) is 24.1 Å². The monoisotopic (exact) mass is 236 g/mol. The lowest BCUT2D eigenvalue weighted by Crippen LogP contribution is -2.14. The van der Waals surface area contributed by atoms with E-state index in [1.165, 1.54) is 0 Å². The minimum Gasteiger partial charge on any atom is -0.430 e. The fourth-order valence-corrected chi connectivity index (χ4v) is 0.796. The van der Waals surface area contributed by atoms with Gasteiger partial charge in [-0.15, -0.1) is 0 Å². The minimum atomic E-state index is -2.28. The van der Waals surface area contributed by atoms with Crippen LogP contribution in [0.1, 0.15) is 0 Å². The number of esters is 1. The van der Waals surface area contributed by atoms with Gasteiger partial charge in [-0.3, -0.25) is 0 Å². The second-order valence-electron chi connectivity index (χ2n) is 1.80. The molecular weight excluding hydrogens is 232 g/mol. The molecule has 76 valence electrons. The van der Waals surface area contributed by atoms with Crippen molar-refractivity contribution >= 4 is 29.2 Å². The van der Waals surface area contributed by atoms with Crippen molar-refractivity contribution in [3.05, 3.63) is 11.6 Å². The van der Waals surface area contributed by atoms with Gasteiger partial charge in [0.25, 0.3) is 0 Å². The van der Waals surface area contributed by atoms with Gasteiger partial charge in [-0.05, 0) is 6.08 Å². The summed E-state index contributed by atoms with van der Waals surface area (Å²) in [5, 5.41) is 0. The molecule has 0 aliphatic heterocycles. The van der Waals surface area contributed by atoms with Gasteiger partial charge in [0.15, 0.2) is 5.63 Å². The molecule has 0 rings (SSSR count). The van der Waals surface area contributed by atoms with E-state index in [4.69, 9.17) is 23.2 Å². The Labute approximate surface area is 82.3 Å². The number of halogens is 5. The molecular formula is C6H5Cl2F3O2. The number of alkyl halides is 5. The average molecular weight is 237 g/mol. The molecule has 2 unspecified atom stereocenters. The molecule has 0 spiro atoms. The zero-order valence-electron chi connectivity index (χ0n) is 6.15. The summed E-state index contributed by atoms with van der Waals surface area (Å²) in [5.74, 6) is -1.38. The van der Waals surface area contributed by atoms with Gasteiger partial charge in [-0.1, -0.05) is 23.2 Å². The smallest absolute Gasteiger partial charge is 0.340 e. The topological polar surface area (TPSA) is 26.3 Å². The third kappa shape index (κ3) is 5.00. The van der Waals surface area contributed by atoms with E-state index in [-0.39, 0.29) is 0 Å². The average Bonchev–Trinajstić information content (AvgIpc) is 1.99. The van der Waals surface area contributed by atoms with Crippen molar-refractivity contribution in [2.45, 2.75) is 11.3 Å². The van der Waals surface area contributed by atoms with E-state index in [1.807, 2.05) is 0 Å². The Morgan fingerprint density at radius 3 is 2.31 bits per heavy atom. The fourth-order valence-electron chi connectivity index (χ4n) is 0.498. The molecule has 0 aromatic heterocycles. The Morgan fingerprint density at radius 2 is 2.00 bits per heavy atom. The zero-order chi connectivity index (χ0) is 10.4. The van der Waals surface area contributed by atoms with E-state index in [0.29, 0.717) is 6.08 Å². The molecule has 0 bridgehead atoms. The second-order valence-corrected chi connectivity index (χ2v) is 2.60. The summed E-state index contributed by atoms with van der Waals surface area (Å²) in [5.41, 5.74) is -5.22. The van der Waals surface area contributed by atoms with E-state index in [9.17, 15) is 18.0 Å². The summed E-state index contributed by atoms with van der Waals surface area (Å²) in [4.78, 5) is 10.6. The fraction of sp³-hybridized carbons (Fsp3) is 0.500. The molecule has 0 aromatic rings. The van der Waals surface area contributed by atoms with Gasteiger partial charge in [0.05, 0.1) is 5.57 Å². The Balaban J connectivity index is 4.51. The summed E-state index contributed by atoms with van der Waals surface area (Å²) in [7, 11) is 0. The highest BCUT2D eigenvalue weighted by Gasteiger charge is 2.21. The molecule has 2 nitrogen and oxygen atoms in total. The Bertz CT molecular complexity index is 206. The lowest BCUT2D eigenvalue weighted by Gasteiger charge is -2.05. The normalized spacial score (nSPS) is 16.5. The minimum absolute atomic E-state index is 0.400. The Morgan fingerprint density at radius 1 is 1.46 bits per heavy atom. The first-order valence-electron chi connectivity index (χ1n) is 3.00. The van der Waals surface area contributed by atoms with Crippen molar-refractivity contribution in [1.29, 1.82) is 0 Å². The van der Waals surface area contributed by atoms with Crippen LogP contribution in [-0.2, 0) is 9.53 Å². The Kier molecular flexibility index (Phi) is 5.90. The summed E-state index contributed by atoms with van der Waals surface area (Å²) in [6.07, 6.45) is 0.400. The van der Waals surface area contributed by atoms with Crippen LogP contribution in [0.15, 0.2) is 11.6 Å². The molecule has 0 N–H and O–H groups in total.